The van der Waals surface area contributed by atoms with Crippen LogP contribution in [-0.4, -0.2) is 21.1 Å². The number of nitrogens with zero attached hydrogens (tertiary/aromatic N) is 1. The Morgan fingerprint density at radius 3 is 3.00 bits per heavy atom. The van der Waals surface area contributed by atoms with E-state index in [0.29, 0.717) is 6.04 Å². The molecule has 13 heavy (non-hydrogen) atoms. The predicted octanol–water partition coefficient (Wildman–Crippen LogP) is 1.88. The number of hydrogen-bond donors (Lipinski definition) is 1. The van der Waals surface area contributed by atoms with E-state index in [2.05, 4.69) is 18.8 Å². The first-order valence-electron chi connectivity index (χ1n) is 4.59. The van der Waals surface area contributed by atoms with Gasteiger partial charge in [0, 0.05) is 18.4 Å². The standard InChI is InChI=1S/C9H16N2OS/c1-3-13-7-4-8(2)11-6-5-10-9(11)12/h5-6,8H,3-4,7H2,1-2H3,(H,10,12). The van der Waals surface area contributed by atoms with E-state index in [1.165, 1.54) is 0 Å². The molecule has 0 fully saturated rings. The highest BCUT2D eigenvalue weighted by Crippen LogP contribution is 2.11. The average molecular weight is 200 g/mol. The van der Waals surface area contributed by atoms with Crippen LogP contribution in [0.5, 0.6) is 0 Å². The summed E-state index contributed by atoms with van der Waals surface area (Å²) in [6.45, 7) is 4.23. The third kappa shape index (κ3) is 2.95. The first-order valence-corrected chi connectivity index (χ1v) is 5.74. The van der Waals surface area contributed by atoms with Crippen molar-refractivity contribution in [3.05, 3.63) is 22.9 Å². The molecule has 1 heterocycles. The molecular weight excluding hydrogens is 184 g/mol. The van der Waals surface area contributed by atoms with Crippen molar-refractivity contribution in [1.82, 2.24) is 9.55 Å². The summed E-state index contributed by atoms with van der Waals surface area (Å²) in [6.07, 6.45) is 4.55. The molecule has 74 valence electrons. The molecule has 1 N–H and O–H groups in total. The summed E-state index contributed by atoms with van der Waals surface area (Å²) in [5.74, 6) is 2.27. The number of aromatic nitrogens is 2. The molecule has 4 heteroatoms. The quantitative estimate of drug-likeness (QED) is 0.737. The third-order valence-electron chi connectivity index (χ3n) is 2.04. The van der Waals surface area contributed by atoms with Crippen LogP contribution in [0, 0.1) is 0 Å². The van der Waals surface area contributed by atoms with Gasteiger partial charge in [-0.05, 0) is 24.9 Å². The molecule has 3 nitrogen and oxygen atoms in total. The maximum absolute atomic E-state index is 11.2. The SMILES string of the molecule is CCSCCC(C)n1cc[nH]c1=O. The molecule has 1 atom stereocenters. The highest BCUT2D eigenvalue weighted by molar-refractivity contribution is 7.99. The second-order valence-electron chi connectivity index (χ2n) is 3.01. The third-order valence-corrected chi connectivity index (χ3v) is 2.97. The largest absolute Gasteiger partial charge is 0.325 e. The Morgan fingerprint density at radius 1 is 1.69 bits per heavy atom. The second-order valence-corrected chi connectivity index (χ2v) is 4.40. The van der Waals surface area contributed by atoms with E-state index in [1.807, 2.05) is 18.0 Å². The fourth-order valence-electron chi connectivity index (χ4n) is 1.22. The van der Waals surface area contributed by atoms with Gasteiger partial charge in [-0.1, -0.05) is 6.92 Å². The Kier molecular flexibility index (Phi) is 4.15. The highest BCUT2D eigenvalue weighted by atomic mass is 32.2. The van der Waals surface area contributed by atoms with Crippen LogP contribution in [0.4, 0.5) is 0 Å². The summed E-state index contributed by atoms with van der Waals surface area (Å²) in [5.41, 5.74) is -0.00556. The monoisotopic (exact) mass is 200 g/mol. The Hall–Kier alpha value is -0.640. The normalized spacial score (nSPS) is 13.1. The van der Waals surface area contributed by atoms with Gasteiger partial charge in [-0.15, -0.1) is 0 Å². The summed E-state index contributed by atoms with van der Waals surface area (Å²) in [4.78, 5) is 13.8. The van der Waals surface area contributed by atoms with Gasteiger partial charge in [-0.25, -0.2) is 4.79 Å². The van der Waals surface area contributed by atoms with Gasteiger partial charge >= 0.3 is 5.69 Å². The number of H-pyrrole nitrogens is 1. The van der Waals surface area contributed by atoms with Crippen LogP contribution >= 0.6 is 11.8 Å². The molecule has 0 saturated carbocycles. The number of nitrogens with one attached hydrogen (secondary N) is 1. The summed E-state index contributed by atoms with van der Waals surface area (Å²) < 4.78 is 1.75. The Balaban J connectivity index is 2.44. The van der Waals surface area contributed by atoms with Crippen molar-refractivity contribution in [3.63, 3.8) is 0 Å². The van der Waals surface area contributed by atoms with Gasteiger partial charge in [0.05, 0.1) is 0 Å². The topological polar surface area (TPSA) is 37.8 Å². The van der Waals surface area contributed by atoms with Gasteiger partial charge in [0.1, 0.15) is 0 Å². The smallest absolute Gasteiger partial charge is 0.313 e. The van der Waals surface area contributed by atoms with Crippen LogP contribution < -0.4 is 5.69 Å². The number of rotatable bonds is 5. The zero-order valence-electron chi connectivity index (χ0n) is 8.12. The summed E-state index contributed by atoms with van der Waals surface area (Å²) in [5, 5.41) is 0. The van der Waals surface area contributed by atoms with E-state index in [9.17, 15) is 4.79 Å². The van der Waals surface area contributed by atoms with Crippen molar-refractivity contribution >= 4 is 11.8 Å². The second kappa shape index (κ2) is 5.17. The first-order chi connectivity index (χ1) is 6.25. The highest BCUT2D eigenvalue weighted by Gasteiger charge is 2.05. The van der Waals surface area contributed by atoms with E-state index in [-0.39, 0.29) is 5.69 Å². The van der Waals surface area contributed by atoms with E-state index in [1.54, 1.807) is 10.8 Å². The van der Waals surface area contributed by atoms with Crippen LogP contribution in [0.15, 0.2) is 17.2 Å². The van der Waals surface area contributed by atoms with Crippen LogP contribution in [-0.2, 0) is 0 Å². The molecule has 1 aromatic rings. The minimum Gasteiger partial charge on any atom is -0.313 e. The van der Waals surface area contributed by atoms with Crippen LogP contribution in [0.3, 0.4) is 0 Å². The maximum atomic E-state index is 11.2. The maximum Gasteiger partial charge on any atom is 0.325 e. The molecule has 0 spiro atoms. The summed E-state index contributed by atoms with van der Waals surface area (Å²) in [6, 6.07) is 0.304. The molecule has 0 amide bonds. The lowest BCUT2D eigenvalue weighted by molar-refractivity contribution is 0.519. The van der Waals surface area contributed by atoms with Crippen molar-refractivity contribution < 1.29 is 0 Å². The van der Waals surface area contributed by atoms with Crippen molar-refractivity contribution in [3.8, 4) is 0 Å². The zero-order valence-corrected chi connectivity index (χ0v) is 8.93. The Bertz CT molecular complexity index is 292. The zero-order chi connectivity index (χ0) is 9.68. The predicted molar refractivity (Wildman–Crippen MR) is 57.4 cm³/mol. The molecular formula is C9H16N2OS. The minimum atomic E-state index is -0.00556. The van der Waals surface area contributed by atoms with Gasteiger partial charge in [0.15, 0.2) is 0 Å². The van der Waals surface area contributed by atoms with Gasteiger partial charge in [-0.3, -0.25) is 4.57 Å². The van der Waals surface area contributed by atoms with Gasteiger partial charge < -0.3 is 4.98 Å². The van der Waals surface area contributed by atoms with Crippen molar-refractivity contribution in [2.75, 3.05) is 11.5 Å². The molecule has 0 aliphatic rings. The number of hydrogen-bond acceptors (Lipinski definition) is 2. The van der Waals surface area contributed by atoms with Crippen LogP contribution in [0.1, 0.15) is 26.3 Å². The molecule has 0 bridgehead atoms. The lowest BCUT2D eigenvalue weighted by atomic mass is 10.2. The molecule has 1 aromatic heterocycles. The van der Waals surface area contributed by atoms with Crippen molar-refractivity contribution in [2.24, 2.45) is 0 Å². The molecule has 0 aliphatic carbocycles. The van der Waals surface area contributed by atoms with Gasteiger partial charge in [0.2, 0.25) is 0 Å². The van der Waals surface area contributed by atoms with Crippen molar-refractivity contribution in [1.29, 1.82) is 0 Å². The van der Waals surface area contributed by atoms with E-state index >= 15 is 0 Å². The molecule has 1 rings (SSSR count). The average Bonchev–Trinajstić information content (AvgIpc) is 2.52. The van der Waals surface area contributed by atoms with E-state index < -0.39 is 0 Å². The molecule has 0 aliphatic heterocycles. The fraction of sp³-hybridized carbons (Fsp3) is 0.667. The number of imidazole rings is 1. The molecule has 0 radical (unpaired) electrons. The van der Waals surface area contributed by atoms with Crippen LogP contribution in [0.2, 0.25) is 0 Å². The van der Waals surface area contributed by atoms with E-state index in [4.69, 9.17) is 0 Å². The van der Waals surface area contributed by atoms with Crippen molar-refractivity contribution in [2.45, 2.75) is 26.3 Å². The van der Waals surface area contributed by atoms with Crippen LogP contribution in [0.25, 0.3) is 0 Å². The summed E-state index contributed by atoms with van der Waals surface area (Å²) >= 11 is 1.91. The van der Waals surface area contributed by atoms with Gasteiger partial charge in [0.25, 0.3) is 0 Å². The van der Waals surface area contributed by atoms with E-state index in [0.717, 1.165) is 17.9 Å². The molecule has 0 saturated heterocycles. The number of thioether (sulfide) groups is 1. The Labute approximate surface area is 82.5 Å². The molecule has 0 aromatic carbocycles. The Morgan fingerprint density at radius 2 is 2.46 bits per heavy atom. The van der Waals surface area contributed by atoms with Gasteiger partial charge in [-0.2, -0.15) is 11.8 Å². The minimum absolute atomic E-state index is 0.00556. The molecule has 1 unspecified atom stereocenters. The fourth-order valence-corrected chi connectivity index (χ4v) is 2.01. The lowest BCUT2D eigenvalue weighted by Crippen LogP contribution is -2.20. The number of aromatic amines is 1. The first kappa shape index (κ1) is 10.4. The summed E-state index contributed by atoms with van der Waals surface area (Å²) in [7, 11) is 0. The lowest BCUT2D eigenvalue weighted by Gasteiger charge is -2.10.